The van der Waals surface area contributed by atoms with Gasteiger partial charge in [-0.25, -0.2) is 29.5 Å². The van der Waals surface area contributed by atoms with Crippen LogP contribution in [0.2, 0.25) is 0 Å². The third kappa shape index (κ3) is 21.7. The number of rotatable bonds is 13. The number of aromatic nitrogens is 4. The minimum atomic E-state index is -0.458. The lowest BCUT2D eigenvalue weighted by Crippen LogP contribution is -2.45. The molecule has 4 aromatic rings. The average Bonchev–Trinajstić information content (AvgIpc) is 4.24. The molecule has 0 aromatic carbocycles. The SMILES string of the molecule is CC(C)(C)OC(=O)N1CCC(C=O)CC1.CC(C)(C)OC(=O)N1CCC(CN2CCC(C(=O)Nc3ncc(SCc4ncc(C(C)(C)C)o4)s3)CC2)CC1.CC(C)(C)c1cnc(CSc2cnc(NC(=O)C3CCNCC3)s2)o1. The zero-order valence-corrected chi connectivity index (χ0v) is 51.8. The fourth-order valence-electron chi connectivity index (χ4n) is 8.89. The molecule has 0 saturated carbocycles. The van der Waals surface area contributed by atoms with Crippen molar-refractivity contribution >= 4 is 86.7 Å². The first-order valence-electron chi connectivity index (χ1n) is 27.7. The number of amides is 4. The normalized spacial score (nSPS) is 17.7. The van der Waals surface area contributed by atoms with Gasteiger partial charge in [-0.3, -0.25) is 9.59 Å². The Balaban J connectivity index is 0.000000214. The van der Waals surface area contributed by atoms with Gasteiger partial charge in [-0.05, 0) is 125 Å². The van der Waals surface area contributed by atoms with Crippen molar-refractivity contribution in [3.8, 4) is 0 Å². The van der Waals surface area contributed by atoms with Crippen LogP contribution < -0.4 is 16.0 Å². The molecule has 3 N–H and O–H groups in total. The maximum atomic E-state index is 12.9. The second-order valence-corrected chi connectivity index (χ2v) is 29.3. The first-order valence-corrected chi connectivity index (χ1v) is 31.3. The van der Waals surface area contributed by atoms with E-state index in [1.807, 2.05) is 46.4 Å². The van der Waals surface area contributed by atoms with Crippen LogP contribution in [-0.4, -0.2) is 135 Å². The summed E-state index contributed by atoms with van der Waals surface area (Å²) in [6, 6.07) is 0. The highest BCUT2D eigenvalue weighted by Crippen LogP contribution is 2.35. The monoisotopic (exact) mass is 1170 g/mol. The molecule has 4 aliphatic rings. The Hall–Kier alpha value is -4.55. The molecule has 4 aromatic heterocycles. The van der Waals surface area contributed by atoms with Gasteiger partial charge in [0.2, 0.25) is 23.6 Å². The van der Waals surface area contributed by atoms with Crippen molar-refractivity contribution in [3.63, 3.8) is 0 Å². The number of nitrogens with zero attached hydrogens (tertiary/aromatic N) is 7. The Morgan fingerprint density at radius 2 is 1.03 bits per heavy atom. The highest BCUT2D eigenvalue weighted by atomic mass is 32.2. The number of anilines is 2. The largest absolute Gasteiger partial charge is 0.444 e. The van der Waals surface area contributed by atoms with Crippen molar-refractivity contribution < 1.29 is 42.3 Å². The summed E-state index contributed by atoms with van der Waals surface area (Å²) in [6.07, 6.45) is 14.7. The van der Waals surface area contributed by atoms with Crippen molar-refractivity contribution in [1.82, 2.24) is 40.0 Å². The number of carbonyl (C=O) groups excluding carboxylic acids is 5. The van der Waals surface area contributed by atoms with Crippen LogP contribution in [0.3, 0.4) is 0 Å². The molecule has 0 radical (unpaired) electrons. The standard InChI is InChI=1S/C28H43N5O4S2.C17H24N4O2S2.C11H19NO3/c1-27(2,3)21-15-29-22(36-21)18-38-23-16-30-25(39-23)31-24(34)20-9-11-32(12-10-20)17-19-7-13-33(14-8-19)26(35)37-28(4,5)6;1-17(2,3)12-8-19-13(23-12)10-24-14-9-20-16(25-14)21-15(22)11-4-6-18-7-5-11;1-11(2,3)15-10(14)12-6-4-9(8-13)5-7-12/h15-16,19-20H,7-14,17-18H2,1-6H3,(H,30,31,34);8-9,11,18H,4-7,10H2,1-3H3,(H,20,21,22);8-9H,4-7H2,1-3H3. The number of thioether (sulfide) groups is 2. The summed E-state index contributed by atoms with van der Waals surface area (Å²) < 4.78 is 24.5. The van der Waals surface area contributed by atoms with Crippen LogP contribution in [0.15, 0.2) is 42.0 Å². The molecular formula is C56H86N10O9S4. The molecule has 79 heavy (non-hydrogen) atoms. The quantitative estimate of drug-likeness (QED) is 0.0835. The highest BCUT2D eigenvalue weighted by molar-refractivity contribution is 8.00. The summed E-state index contributed by atoms with van der Waals surface area (Å²) in [5, 5.41) is 10.5. The average molecular weight is 1170 g/mol. The number of likely N-dealkylation sites (tertiary alicyclic amines) is 3. The van der Waals surface area contributed by atoms with Crippen LogP contribution in [0, 0.1) is 23.7 Å². The summed E-state index contributed by atoms with van der Waals surface area (Å²) in [5.74, 6) is 5.40. The van der Waals surface area contributed by atoms with Gasteiger partial charge in [-0.15, -0.1) is 23.5 Å². The molecule has 0 atom stereocenters. The van der Waals surface area contributed by atoms with Gasteiger partial charge in [-0.1, -0.05) is 64.2 Å². The molecule has 8 rings (SSSR count). The topological polar surface area (TPSA) is 227 Å². The third-order valence-corrected chi connectivity index (χ3v) is 17.7. The van der Waals surface area contributed by atoms with E-state index in [0.717, 1.165) is 123 Å². The molecule has 4 fully saturated rings. The lowest BCUT2D eigenvalue weighted by molar-refractivity contribution is -0.121. The zero-order valence-electron chi connectivity index (χ0n) is 48.6. The molecule has 23 heteroatoms. The molecule has 0 unspecified atom stereocenters. The first-order chi connectivity index (χ1) is 37.2. The van der Waals surface area contributed by atoms with E-state index in [0.29, 0.717) is 52.6 Å². The molecule has 0 aliphatic carbocycles. The summed E-state index contributed by atoms with van der Waals surface area (Å²) in [5.41, 5.74) is -1.000. The summed E-state index contributed by atoms with van der Waals surface area (Å²) in [7, 11) is 0. The number of hydrogen-bond acceptors (Lipinski definition) is 19. The number of piperidine rings is 4. The number of aldehydes is 1. The maximum absolute atomic E-state index is 12.9. The van der Waals surface area contributed by atoms with Crippen molar-refractivity contribution in [3.05, 3.63) is 48.1 Å². The summed E-state index contributed by atoms with van der Waals surface area (Å²) in [6.45, 7) is 31.3. The van der Waals surface area contributed by atoms with E-state index < -0.39 is 11.2 Å². The second-order valence-electron chi connectivity index (χ2n) is 24.7. The van der Waals surface area contributed by atoms with Crippen LogP contribution in [0.4, 0.5) is 19.9 Å². The van der Waals surface area contributed by atoms with Crippen LogP contribution in [-0.2, 0) is 46.2 Å². The molecule has 19 nitrogen and oxygen atoms in total. The fraction of sp³-hybridized carbons (Fsp3) is 0.696. The van der Waals surface area contributed by atoms with Gasteiger partial charge in [0.1, 0.15) is 29.0 Å². The van der Waals surface area contributed by atoms with Crippen LogP contribution >= 0.6 is 46.2 Å². The van der Waals surface area contributed by atoms with E-state index in [1.54, 1.807) is 53.2 Å². The van der Waals surface area contributed by atoms with Gasteiger partial charge in [0.25, 0.3) is 0 Å². The zero-order chi connectivity index (χ0) is 57.5. The Morgan fingerprint density at radius 3 is 1.42 bits per heavy atom. The molecule has 4 amide bonds. The Labute approximate surface area is 484 Å². The van der Waals surface area contributed by atoms with Crippen LogP contribution in [0.1, 0.15) is 158 Å². The van der Waals surface area contributed by atoms with E-state index in [2.05, 4.69) is 82.3 Å². The van der Waals surface area contributed by atoms with Gasteiger partial charge in [0.15, 0.2) is 10.3 Å². The van der Waals surface area contributed by atoms with Gasteiger partial charge >= 0.3 is 12.2 Å². The molecule has 4 aliphatic heterocycles. The molecule has 0 bridgehead atoms. The number of nitrogens with one attached hydrogen (secondary N) is 3. The maximum Gasteiger partial charge on any atom is 0.410 e. The summed E-state index contributed by atoms with van der Waals surface area (Å²) >= 11 is 6.21. The third-order valence-electron chi connectivity index (χ3n) is 13.5. The Morgan fingerprint density at radius 1 is 0.608 bits per heavy atom. The Bertz CT molecular complexity index is 2560. The van der Waals surface area contributed by atoms with Crippen LogP contribution in [0.5, 0.6) is 0 Å². The molecule has 438 valence electrons. The second kappa shape index (κ2) is 28.9. The van der Waals surface area contributed by atoms with E-state index >= 15 is 0 Å². The number of oxazole rings is 2. The minimum absolute atomic E-state index is 0.0124. The van der Waals surface area contributed by atoms with Crippen molar-refractivity contribution in [2.75, 3.05) is 69.5 Å². The number of ether oxygens (including phenoxy) is 2. The lowest BCUT2D eigenvalue weighted by Gasteiger charge is -2.37. The predicted molar refractivity (Wildman–Crippen MR) is 313 cm³/mol. The number of carbonyl (C=O) groups is 5. The molecule has 0 spiro atoms. The first kappa shape index (κ1) is 63.6. The van der Waals surface area contributed by atoms with E-state index in [9.17, 15) is 24.0 Å². The van der Waals surface area contributed by atoms with Gasteiger partial charge in [-0.2, -0.15) is 0 Å². The van der Waals surface area contributed by atoms with Gasteiger partial charge in [0, 0.05) is 61.3 Å². The van der Waals surface area contributed by atoms with E-state index in [1.165, 1.54) is 22.7 Å². The lowest BCUT2D eigenvalue weighted by atomic mass is 9.92. The molecule has 4 saturated heterocycles. The van der Waals surface area contributed by atoms with E-state index in [-0.39, 0.29) is 52.6 Å². The van der Waals surface area contributed by atoms with Crippen LogP contribution in [0.25, 0.3) is 0 Å². The predicted octanol–water partition coefficient (Wildman–Crippen LogP) is 11.5. The minimum Gasteiger partial charge on any atom is -0.444 e. The molecule has 8 heterocycles. The number of hydrogen-bond donors (Lipinski definition) is 3. The van der Waals surface area contributed by atoms with E-state index in [4.69, 9.17) is 18.3 Å². The smallest absolute Gasteiger partial charge is 0.410 e. The van der Waals surface area contributed by atoms with Crippen molar-refractivity contribution in [1.29, 1.82) is 0 Å². The van der Waals surface area contributed by atoms with Gasteiger partial charge < -0.3 is 53.8 Å². The molecular weight excluding hydrogens is 1080 g/mol. The number of thiazole rings is 2. The fourth-order valence-corrected chi connectivity index (χ4v) is 12.3. The summed E-state index contributed by atoms with van der Waals surface area (Å²) in [4.78, 5) is 83.0. The Kier molecular flexibility index (Phi) is 23.3. The van der Waals surface area contributed by atoms with Gasteiger partial charge in [0.05, 0.1) is 44.7 Å². The van der Waals surface area contributed by atoms with Crippen molar-refractivity contribution in [2.45, 2.75) is 176 Å². The van der Waals surface area contributed by atoms with Crippen molar-refractivity contribution in [2.24, 2.45) is 23.7 Å². The highest BCUT2D eigenvalue weighted by Gasteiger charge is 2.32.